The molecular weight excluding hydrogens is 534 g/mol. The first kappa shape index (κ1) is 27.0. The van der Waals surface area contributed by atoms with E-state index in [9.17, 15) is 0 Å². The number of aliphatic imine (C=N–C) groups is 2. The molecule has 4 aromatic rings. The van der Waals surface area contributed by atoms with Crippen LogP contribution in [0, 0.1) is 0 Å². The summed E-state index contributed by atoms with van der Waals surface area (Å²) in [4.78, 5) is 10.2. The van der Waals surface area contributed by atoms with Gasteiger partial charge in [-0.15, -0.1) is 9.79 Å². The maximum atomic E-state index is 5.88. The van der Waals surface area contributed by atoms with Crippen molar-refractivity contribution in [1.29, 1.82) is 0 Å². The van der Waals surface area contributed by atoms with Crippen LogP contribution in [0.15, 0.2) is 117 Å². The molecule has 0 radical (unpaired) electrons. The first-order valence-electron chi connectivity index (χ1n) is 9.62. The Morgan fingerprint density at radius 1 is 0.545 bits per heavy atom. The molecule has 0 atom stereocenters. The van der Waals surface area contributed by atoms with E-state index >= 15 is 0 Å². The summed E-state index contributed by atoms with van der Waals surface area (Å²) < 4.78 is 0. The molecule has 0 unspecified atom stereocenters. The number of nitrogens with zero attached hydrogens (tertiary/aromatic N) is 2. The smallest absolute Gasteiger partial charge is 0.778 e. The van der Waals surface area contributed by atoms with Crippen LogP contribution in [0.5, 0.6) is 0 Å². The molecule has 7 heteroatoms. The second-order valence-corrected chi connectivity index (χ2v) is 8.31. The predicted octanol–water partition coefficient (Wildman–Crippen LogP) is 7.99. The molecular formula is C26H18Cl2N2NiS2. The monoisotopic (exact) mass is 550 g/mol. The van der Waals surface area contributed by atoms with E-state index in [1.807, 2.05) is 97.1 Å². The number of benzene rings is 4. The van der Waals surface area contributed by atoms with E-state index in [0.29, 0.717) is 10.0 Å². The van der Waals surface area contributed by atoms with Crippen molar-refractivity contribution in [2.75, 3.05) is 0 Å². The largest absolute Gasteiger partial charge is 2.00 e. The fourth-order valence-corrected chi connectivity index (χ4v) is 3.39. The molecule has 0 spiro atoms. The van der Waals surface area contributed by atoms with Crippen LogP contribution in [0.25, 0.3) is 0 Å². The van der Waals surface area contributed by atoms with Gasteiger partial charge < -0.3 is 25.3 Å². The third-order valence-corrected chi connectivity index (χ3v) is 5.29. The average Bonchev–Trinajstić information content (AvgIpc) is 2.79. The van der Waals surface area contributed by atoms with Gasteiger partial charge in [-0.2, -0.15) is 0 Å². The first-order chi connectivity index (χ1) is 15.5. The molecule has 0 saturated heterocycles. The van der Waals surface area contributed by atoms with Crippen LogP contribution in [0.1, 0.15) is 11.1 Å². The Morgan fingerprint density at radius 2 is 0.939 bits per heavy atom. The molecule has 0 aliphatic rings. The van der Waals surface area contributed by atoms with Crippen LogP contribution in [0.4, 0.5) is 11.4 Å². The molecule has 0 aliphatic carbocycles. The summed E-state index contributed by atoms with van der Waals surface area (Å²) in [6, 6.07) is 30.2. The number of halogens is 2. The molecule has 0 heterocycles. The second-order valence-electron chi connectivity index (χ2n) is 6.56. The molecule has 0 aromatic heterocycles. The van der Waals surface area contributed by atoms with E-state index < -0.39 is 0 Å². The molecule has 0 amide bonds. The molecule has 0 fully saturated rings. The van der Waals surface area contributed by atoms with Crippen molar-refractivity contribution in [2.24, 2.45) is 9.98 Å². The van der Waals surface area contributed by atoms with Crippen molar-refractivity contribution in [3.05, 3.63) is 118 Å². The fourth-order valence-electron chi connectivity index (χ4n) is 2.59. The molecule has 0 bridgehead atoms. The zero-order chi connectivity index (χ0) is 22.8. The molecule has 0 aliphatic heterocycles. The molecule has 2 nitrogen and oxygen atoms in total. The third kappa shape index (κ3) is 9.25. The van der Waals surface area contributed by atoms with Gasteiger partial charge in [-0.1, -0.05) is 83.9 Å². The number of rotatable bonds is 4. The van der Waals surface area contributed by atoms with Gasteiger partial charge in [-0.3, -0.25) is 9.98 Å². The Kier molecular flexibility index (Phi) is 11.5. The number of hydrogen-bond acceptors (Lipinski definition) is 4. The van der Waals surface area contributed by atoms with E-state index in [1.165, 1.54) is 0 Å². The SMILES string of the molecule is [Ni+2].[S-]c1ccccc1N=Cc1cccc(Cl)c1.[S-]c1ccccc1N=Cc1cccc(Cl)c1. The number of para-hydroxylation sites is 2. The first-order valence-corrected chi connectivity index (χ1v) is 11.2. The summed E-state index contributed by atoms with van der Waals surface area (Å²) in [5.74, 6) is 0. The zero-order valence-electron chi connectivity index (χ0n) is 17.2. The predicted molar refractivity (Wildman–Crippen MR) is 142 cm³/mol. The molecule has 168 valence electrons. The molecule has 4 aromatic carbocycles. The topological polar surface area (TPSA) is 24.7 Å². The van der Waals surface area contributed by atoms with E-state index in [4.69, 9.17) is 48.5 Å². The van der Waals surface area contributed by atoms with E-state index in [1.54, 1.807) is 12.4 Å². The van der Waals surface area contributed by atoms with Crippen molar-refractivity contribution in [3.8, 4) is 0 Å². The average molecular weight is 552 g/mol. The van der Waals surface area contributed by atoms with Gasteiger partial charge in [0.25, 0.3) is 0 Å². The quantitative estimate of drug-likeness (QED) is 0.146. The van der Waals surface area contributed by atoms with Gasteiger partial charge in [-0.05, 0) is 47.5 Å². The van der Waals surface area contributed by atoms with Gasteiger partial charge in [0.2, 0.25) is 0 Å². The van der Waals surface area contributed by atoms with Gasteiger partial charge >= 0.3 is 16.5 Å². The molecule has 4 rings (SSSR count). The van der Waals surface area contributed by atoms with Crippen LogP contribution in [-0.4, -0.2) is 12.4 Å². The minimum atomic E-state index is 0. The Hall–Kier alpha value is -2.27. The van der Waals surface area contributed by atoms with Gasteiger partial charge in [0.15, 0.2) is 0 Å². The minimum Gasteiger partial charge on any atom is -0.778 e. The van der Waals surface area contributed by atoms with Gasteiger partial charge in [0.05, 0.1) is 0 Å². The van der Waals surface area contributed by atoms with Crippen LogP contribution in [0.2, 0.25) is 10.0 Å². The van der Waals surface area contributed by atoms with Crippen LogP contribution in [-0.2, 0) is 41.7 Å². The standard InChI is InChI=1S/2C13H10ClNS.Ni/c2*14-11-5-3-4-10(8-11)9-15-12-6-1-2-7-13(12)16;/h2*1-9,16H;/q;;+2/p-2. The summed E-state index contributed by atoms with van der Waals surface area (Å²) in [5, 5.41) is 1.41. The molecule has 33 heavy (non-hydrogen) atoms. The molecule has 0 saturated carbocycles. The maximum Gasteiger partial charge on any atom is 2.00 e. The number of hydrogen-bond donors (Lipinski definition) is 0. The second kappa shape index (κ2) is 14.1. The van der Waals surface area contributed by atoms with Crippen molar-refractivity contribution >= 4 is 72.3 Å². The van der Waals surface area contributed by atoms with Crippen LogP contribution >= 0.6 is 23.2 Å². The summed E-state index contributed by atoms with van der Waals surface area (Å²) in [7, 11) is 0. The maximum absolute atomic E-state index is 5.88. The zero-order valence-corrected chi connectivity index (χ0v) is 21.3. The Bertz CT molecular complexity index is 1150. The summed E-state index contributed by atoms with van der Waals surface area (Å²) in [5.41, 5.74) is 3.53. The van der Waals surface area contributed by atoms with Gasteiger partial charge in [-0.25, -0.2) is 0 Å². The van der Waals surface area contributed by atoms with Crippen LogP contribution in [0.3, 0.4) is 0 Å². The normalized spacial score (nSPS) is 10.5. The van der Waals surface area contributed by atoms with Crippen molar-refractivity contribution in [2.45, 2.75) is 9.79 Å². The summed E-state index contributed by atoms with van der Waals surface area (Å²) in [6.45, 7) is 0. The summed E-state index contributed by atoms with van der Waals surface area (Å²) in [6.07, 6.45) is 3.52. The van der Waals surface area contributed by atoms with Crippen LogP contribution < -0.4 is 0 Å². The third-order valence-electron chi connectivity index (χ3n) is 4.13. The van der Waals surface area contributed by atoms with E-state index in [0.717, 1.165) is 32.3 Å². The van der Waals surface area contributed by atoms with Crippen molar-refractivity contribution in [1.82, 2.24) is 0 Å². The van der Waals surface area contributed by atoms with E-state index in [-0.39, 0.29) is 16.5 Å². The molecule has 0 N–H and O–H groups in total. The van der Waals surface area contributed by atoms with Gasteiger partial charge in [0.1, 0.15) is 0 Å². The summed E-state index contributed by atoms with van der Waals surface area (Å²) >= 11 is 22.1. The Balaban J connectivity index is 0.000000227. The van der Waals surface area contributed by atoms with Gasteiger partial charge in [0, 0.05) is 33.8 Å². The Morgan fingerprint density at radius 3 is 1.30 bits per heavy atom. The van der Waals surface area contributed by atoms with Crippen molar-refractivity contribution in [3.63, 3.8) is 0 Å². The van der Waals surface area contributed by atoms with E-state index in [2.05, 4.69) is 9.98 Å². The minimum absolute atomic E-state index is 0. The Labute approximate surface area is 225 Å². The fraction of sp³-hybridized carbons (Fsp3) is 0. The van der Waals surface area contributed by atoms with Crippen molar-refractivity contribution < 1.29 is 16.5 Å².